The number of amides is 1. The molecule has 1 aliphatic heterocycles. The van der Waals surface area contributed by atoms with Crippen molar-refractivity contribution in [3.05, 3.63) is 75.4 Å². The van der Waals surface area contributed by atoms with Crippen molar-refractivity contribution in [1.29, 1.82) is 0 Å². The van der Waals surface area contributed by atoms with Gasteiger partial charge < -0.3 is 9.47 Å². The van der Waals surface area contributed by atoms with E-state index in [1.165, 1.54) is 58.6 Å². The Hall–Kier alpha value is -2.33. The summed E-state index contributed by atoms with van der Waals surface area (Å²) in [6, 6.07) is 13.1. The summed E-state index contributed by atoms with van der Waals surface area (Å²) in [6.07, 6.45) is 9.22. The number of fused-ring (bicyclic) bond motifs is 5. The predicted molar refractivity (Wildman–Crippen MR) is 117 cm³/mol. The van der Waals surface area contributed by atoms with Crippen molar-refractivity contribution in [3.63, 3.8) is 0 Å². The zero-order chi connectivity index (χ0) is 19.5. The molecule has 2 aliphatic carbocycles. The quantitative estimate of drug-likeness (QED) is 0.550. The van der Waals surface area contributed by atoms with Gasteiger partial charge >= 0.3 is 0 Å². The summed E-state index contributed by atoms with van der Waals surface area (Å²) in [5.74, 6) is 0.564. The summed E-state index contributed by atoms with van der Waals surface area (Å²) in [7, 11) is 0. The highest BCUT2D eigenvalue weighted by Gasteiger charge is 2.41. The van der Waals surface area contributed by atoms with Gasteiger partial charge in [-0.2, -0.15) is 0 Å². The van der Waals surface area contributed by atoms with Crippen LogP contribution in [0.3, 0.4) is 0 Å². The van der Waals surface area contributed by atoms with E-state index in [2.05, 4.69) is 59.0 Å². The number of hydrogen-bond donors (Lipinski definition) is 0. The second kappa shape index (κ2) is 6.60. The van der Waals surface area contributed by atoms with Crippen LogP contribution in [0.1, 0.15) is 64.6 Å². The number of carbonyl (C=O) groups is 1. The lowest BCUT2D eigenvalue weighted by atomic mass is 9.94. The number of thiophene rings is 1. The Labute approximate surface area is 176 Å². The number of hydrogen-bond acceptors (Lipinski definition) is 2. The second-order valence-electron chi connectivity index (χ2n) is 8.85. The molecular formula is C25H26N2OS. The molecule has 1 saturated carbocycles. The van der Waals surface area contributed by atoms with Gasteiger partial charge in [-0.1, -0.05) is 29.8 Å². The van der Waals surface area contributed by atoms with Gasteiger partial charge in [-0.25, -0.2) is 0 Å². The molecule has 0 saturated heterocycles. The second-order valence-corrected chi connectivity index (χ2v) is 9.94. The Morgan fingerprint density at radius 3 is 2.76 bits per heavy atom. The van der Waals surface area contributed by atoms with Crippen LogP contribution in [0.4, 0.5) is 0 Å². The minimum absolute atomic E-state index is 0.0168. The minimum atomic E-state index is -0.0168. The molecule has 2 aromatic heterocycles. The molecule has 1 unspecified atom stereocenters. The third kappa shape index (κ3) is 2.80. The third-order valence-electron chi connectivity index (χ3n) is 6.75. The van der Waals surface area contributed by atoms with Gasteiger partial charge in [0.1, 0.15) is 5.00 Å². The van der Waals surface area contributed by atoms with Crippen molar-refractivity contribution in [3.8, 4) is 5.00 Å². The van der Waals surface area contributed by atoms with Crippen LogP contribution in [0, 0.1) is 12.8 Å². The topological polar surface area (TPSA) is 25.2 Å². The van der Waals surface area contributed by atoms with Gasteiger partial charge in [0.05, 0.1) is 11.7 Å². The maximum atomic E-state index is 13.5. The summed E-state index contributed by atoms with van der Waals surface area (Å²) < 4.78 is 2.38. The molecule has 29 heavy (non-hydrogen) atoms. The first-order chi connectivity index (χ1) is 14.2. The summed E-state index contributed by atoms with van der Waals surface area (Å²) in [6.45, 7) is 2.89. The predicted octanol–water partition coefficient (Wildman–Crippen LogP) is 5.57. The third-order valence-corrected chi connectivity index (χ3v) is 8.08. The monoisotopic (exact) mass is 402 g/mol. The fraction of sp³-hybridized carbons (Fsp3) is 0.400. The van der Waals surface area contributed by atoms with Gasteiger partial charge in [-0.05, 0) is 68.7 Å². The summed E-state index contributed by atoms with van der Waals surface area (Å²) in [4.78, 5) is 17.3. The molecule has 3 nitrogen and oxygen atoms in total. The molecule has 0 bridgehead atoms. The maximum absolute atomic E-state index is 13.5. The van der Waals surface area contributed by atoms with E-state index in [9.17, 15) is 4.79 Å². The first kappa shape index (κ1) is 17.5. The molecule has 1 atom stereocenters. The molecule has 0 N–H and O–H groups in total. The van der Waals surface area contributed by atoms with Crippen LogP contribution in [0.15, 0.2) is 42.6 Å². The summed E-state index contributed by atoms with van der Waals surface area (Å²) >= 11 is 1.96. The fourth-order valence-electron chi connectivity index (χ4n) is 5.16. The number of aromatic nitrogens is 1. The van der Waals surface area contributed by atoms with Gasteiger partial charge in [0, 0.05) is 29.1 Å². The van der Waals surface area contributed by atoms with Gasteiger partial charge in [-0.15, -0.1) is 11.3 Å². The van der Waals surface area contributed by atoms with Crippen molar-refractivity contribution in [2.75, 3.05) is 0 Å². The molecule has 0 radical (unpaired) electrons. The maximum Gasteiger partial charge on any atom is 0.226 e. The zero-order valence-electron chi connectivity index (χ0n) is 16.9. The number of benzene rings is 1. The first-order valence-electron chi connectivity index (χ1n) is 10.9. The van der Waals surface area contributed by atoms with E-state index in [-0.39, 0.29) is 12.0 Å². The van der Waals surface area contributed by atoms with Crippen molar-refractivity contribution in [2.24, 2.45) is 5.92 Å². The Bertz CT molecular complexity index is 1100. The SMILES string of the molecule is Cc1cccc(C2c3cccn3-c3sc4c(c3CN2C(=O)C2CC2)CCCC4)c1. The molecule has 1 amide bonds. The smallest absolute Gasteiger partial charge is 0.226 e. The van der Waals surface area contributed by atoms with Gasteiger partial charge in [0.2, 0.25) is 5.91 Å². The Morgan fingerprint density at radius 1 is 1.07 bits per heavy atom. The van der Waals surface area contributed by atoms with Crippen LogP contribution in [0.5, 0.6) is 0 Å². The standard InChI is InChI=1S/C25H26N2OS/c1-16-6-4-7-18(14-16)23-21-9-5-13-26(21)25-20(15-27(23)24(28)17-11-12-17)19-8-2-3-10-22(19)29-25/h4-7,9,13-14,17,23H,2-3,8,10-12,15H2,1H3. The molecule has 0 spiro atoms. The highest BCUT2D eigenvalue weighted by Crippen LogP contribution is 2.45. The zero-order valence-corrected chi connectivity index (χ0v) is 17.7. The van der Waals surface area contributed by atoms with Crippen molar-refractivity contribution >= 4 is 17.2 Å². The van der Waals surface area contributed by atoms with E-state index >= 15 is 0 Å². The van der Waals surface area contributed by atoms with Gasteiger partial charge in [-0.3, -0.25) is 4.79 Å². The average molecular weight is 403 g/mol. The van der Waals surface area contributed by atoms with Crippen molar-refractivity contribution in [2.45, 2.75) is 58.0 Å². The lowest BCUT2D eigenvalue weighted by Crippen LogP contribution is -2.36. The van der Waals surface area contributed by atoms with Gasteiger partial charge in [0.25, 0.3) is 0 Å². The first-order valence-corrected chi connectivity index (χ1v) is 11.7. The number of carbonyl (C=O) groups excluding carboxylic acids is 1. The van der Waals surface area contributed by atoms with Crippen LogP contribution in [0.2, 0.25) is 0 Å². The highest BCUT2D eigenvalue weighted by atomic mass is 32.1. The largest absolute Gasteiger partial charge is 0.325 e. The van der Waals surface area contributed by atoms with E-state index in [1.54, 1.807) is 4.88 Å². The normalized spacial score (nSPS) is 20.6. The summed E-state index contributed by atoms with van der Waals surface area (Å²) in [5, 5.41) is 1.35. The van der Waals surface area contributed by atoms with Crippen LogP contribution in [0.25, 0.3) is 5.00 Å². The van der Waals surface area contributed by atoms with Crippen LogP contribution >= 0.6 is 11.3 Å². The van der Waals surface area contributed by atoms with E-state index in [4.69, 9.17) is 0 Å². The number of nitrogens with zero attached hydrogens (tertiary/aromatic N) is 2. The van der Waals surface area contributed by atoms with E-state index in [0.29, 0.717) is 5.91 Å². The fourth-order valence-corrected chi connectivity index (χ4v) is 6.56. The van der Waals surface area contributed by atoms with Crippen LogP contribution in [-0.2, 0) is 24.2 Å². The van der Waals surface area contributed by atoms with E-state index in [0.717, 1.165) is 19.4 Å². The molecule has 148 valence electrons. The summed E-state index contributed by atoms with van der Waals surface area (Å²) in [5.41, 5.74) is 6.64. The number of rotatable bonds is 2. The molecule has 4 heteroatoms. The molecule has 3 heterocycles. The van der Waals surface area contributed by atoms with Crippen LogP contribution in [-0.4, -0.2) is 15.4 Å². The lowest BCUT2D eigenvalue weighted by Gasteiger charge is -2.31. The van der Waals surface area contributed by atoms with Gasteiger partial charge in [0.15, 0.2) is 0 Å². The molecule has 3 aliphatic rings. The average Bonchev–Trinajstić information content (AvgIpc) is 3.40. The lowest BCUT2D eigenvalue weighted by molar-refractivity contribution is -0.135. The highest BCUT2D eigenvalue weighted by molar-refractivity contribution is 7.15. The minimum Gasteiger partial charge on any atom is -0.325 e. The molecule has 1 aromatic carbocycles. The number of aryl methyl sites for hydroxylation is 2. The van der Waals surface area contributed by atoms with Crippen molar-refractivity contribution in [1.82, 2.24) is 9.47 Å². The Morgan fingerprint density at radius 2 is 1.93 bits per heavy atom. The molecular weight excluding hydrogens is 376 g/mol. The molecule has 6 rings (SSSR count). The van der Waals surface area contributed by atoms with E-state index < -0.39 is 0 Å². The van der Waals surface area contributed by atoms with Crippen molar-refractivity contribution < 1.29 is 4.79 Å². The van der Waals surface area contributed by atoms with Crippen LogP contribution < -0.4 is 0 Å². The molecule has 1 fully saturated rings. The molecule has 3 aromatic rings. The van der Waals surface area contributed by atoms with E-state index in [1.807, 2.05) is 11.3 Å². The Balaban J connectivity index is 1.57. The Kier molecular flexibility index (Phi) is 3.98.